The fraction of sp³-hybridized carbons (Fsp3) is 0.667. The maximum Gasteiger partial charge on any atom is 0.326 e. The average Bonchev–Trinajstić information content (AvgIpc) is 2.67. The molecule has 1 aromatic carbocycles. The van der Waals surface area contributed by atoms with Gasteiger partial charge in [0, 0.05) is 0 Å². The topological polar surface area (TPSA) is 66.4 Å². The van der Waals surface area contributed by atoms with E-state index >= 15 is 0 Å². The molecule has 0 saturated carbocycles. The normalized spacial score (nSPS) is 17.6. The molecule has 1 aromatic rings. The van der Waals surface area contributed by atoms with E-state index in [1.807, 2.05) is 19.1 Å². The number of piperidine rings is 1. The quantitative estimate of drug-likeness (QED) is 0.350. The van der Waals surface area contributed by atoms with Gasteiger partial charge in [0.2, 0.25) is 5.91 Å². The highest BCUT2D eigenvalue weighted by Gasteiger charge is 2.27. The van der Waals surface area contributed by atoms with Crippen LogP contribution in [0.3, 0.4) is 0 Å². The van der Waals surface area contributed by atoms with Gasteiger partial charge in [0.1, 0.15) is 6.04 Å². The van der Waals surface area contributed by atoms with E-state index < -0.39 is 12.0 Å². The number of carboxylic acid groups (broad SMARTS) is 1. The molecule has 1 aliphatic rings. The van der Waals surface area contributed by atoms with Gasteiger partial charge in [-0.15, -0.1) is 0 Å². The predicted octanol–water partition coefficient (Wildman–Crippen LogP) is 0.973. The van der Waals surface area contributed by atoms with Crippen LogP contribution in [0.4, 0.5) is 0 Å². The number of aliphatic carboxylic acids is 1. The van der Waals surface area contributed by atoms with E-state index in [9.17, 15) is 14.7 Å². The summed E-state index contributed by atoms with van der Waals surface area (Å²) in [5.74, 6) is -0.935. The maximum absolute atomic E-state index is 12.7. The van der Waals surface area contributed by atoms with Crippen molar-refractivity contribution in [3.8, 4) is 0 Å². The predicted molar refractivity (Wildman–Crippen MR) is 117 cm³/mol. The SMILES string of the molecule is CC(C)Cc1ccc([C@@H](C)C(=O)NC(CCC[N+]2(C)CCCCC2)C(=O)O)cc1.[I-]. The molecule has 30 heavy (non-hydrogen) atoms. The van der Waals surface area contributed by atoms with Crippen molar-refractivity contribution in [2.45, 2.75) is 71.3 Å². The minimum atomic E-state index is -0.945. The smallest absolute Gasteiger partial charge is 0.326 e. The van der Waals surface area contributed by atoms with E-state index in [2.05, 4.69) is 38.3 Å². The monoisotopic (exact) mass is 530 g/mol. The Labute approximate surface area is 199 Å². The second-order valence-corrected chi connectivity index (χ2v) is 9.45. The number of hydrogen-bond acceptors (Lipinski definition) is 2. The van der Waals surface area contributed by atoms with Gasteiger partial charge in [-0.05, 0) is 62.5 Å². The molecule has 1 aliphatic heterocycles. The number of nitrogens with one attached hydrogen (secondary N) is 1. The first kappa shape index (κ1) is 26.9. The standard InChI is InChI=1S/C24H38N2O3.HI/c1-18(2)17-20-10-12-21(13-11-20)19(3)23(27)25-22(24(28)29)9-8-16-26(4)14-6-5-7-15-26;/h10-13,18-19,22H,5-9,14-17H2,1-4H3,(H-,25,27,28,29);1H/t19-,22?;/m1./s1. The number of carbonyl (C=O) groups is 2. The Kier molecular flexibility index (Phi) is 11.3. The summed E-state index contributed by atoms with van der Waals surface area (Å²) in [5.41, 5.74) is 2.18. The van der Waals surface area contributed by atoms with E-state index in [4.69, 9.17) is 0 Å². The van der Waals surface area contributed by atoms with Gasteiger partial charge in [-0.1, -0.05) is 38.1 Å². The molecular weight excluding hydrogens is 491 g/mol. The summed E-state index contributed by atoms with van der Waals surface area (Å²) in [6.45, 7) is 9.53. The third-order valence-electron chi connectivity index (χ3n) is 6.22. The highest BCUT2D eigenvalue weighted by atomic mass is 127. The van der Waals surface area contributed by atoms with Crippen molar-refractivity contribution >= 4 is 11.9 Å². The Morgan fingerprint density at radius 1 is 1.07 bits per heavy atom. The lowest BCUT2D eigenvalue weighted by Crippen LogP contribution is -3.00. The zero-order valence-corrected chi connectivity index (χ0v) is 21.2. The first-order chi connectivity index (χ1) is 13.7. The Morgan fingerprint density at radius 3 is 2.20 bits per heavy atom. The van der Waals surface area contributed by atoms with Gasteiger partial charge in [-0.2, -0.15) is 0 Å². The summed E-state index contributed by atoms with van der Waals surface area (Å²) in [4.78, 5) is 24.4. The van der Waals surface area contributed by atoms with Crippen molar-refractivity contribution in [3.05, 3.63) is 35.4 Å². The van der Waals surface area contributed by atoms with Crippen LogP contribution in [0.2, 0.25) is 0 Å². The molecule has 0 aromatic heterocycles. The van der Waals surface area contributed by atoms with Crippen molar-refractivity contribution in [2.24, 2.45) is 5.92 Å². The zero-order valence-electron chi connectivity index (χ0n) is 19.0. The van der Waals surface area contributed by atoms with Gasteiger partial charge in [0.25, 0.3) is 0 Å². The number of amides is 1. The lowest BCUT2D eigenvalue weighted by Gasteiger charge is -2.38. The van der Waals surface area contributed by atoms with E-state index in [1.165, 1.54) is 37.9 Å². The second-order valence-electron chi connectivity index (χ2n) is 9.45. The number of benzene rings is 1. The lowest BCUT2D eigenvalue weighted by molar-refractivity contribution is -0.914. The Morgan fingerprint density at radius 2 is 1.67 bits per heavy atom. The molecule has 0 radical (unpaired) electrons. The van der Waals surface area contributed by atoms with Gasteiger partial charge in [0.15, 0.2) is 0 Å². The first-order valence-corrected chi connectivity index (χ1v) is 11.2. The zero-order chi connectivity index (χ0) is 21.4. The first-order valence-electron chi connectivity index (χ1n) is 11.2. The summed E-state index contributed by atoms with van der Waals surface area (Å²) in [5, 5.41) is 12.3. The Hall–Kier alpha value is -1.15. The van der Waals surface area contributed by atoms with Gasteiger partial charge >= 0.3 is 5.97 Å². The number of likely N-dealkylation sites (tertiary alicyclic amines) is 1. The number of carbonyl (C=O) groups excluding carboxylic acids is 1. The van der Waals surface area contributed by atoms with Crippen LogP contribution in [-0.4, -0.2) is 54.2 Å². The Balaban J connectivity index is 0.00000450. The number of carboxylic acids is 1. The van der Waals surface area contributed by atoms with Crippen molar-refractivity contribution in [1.29, 1.82) is 0 Å². The maximum atomic E-state index is 12.7. The molecule has 1 fully saturated rings. The average molecular weight is 530 g/mol. The molecule has 2 rings (SSSR count). The van der Waals surface area contributed by atoms with Crippen molar-refractivity contribution in [2.75, 3.05) is 26.7 Å². The molecule has 6 heteroatoms. The second kappa shape index (κ2) is 12.6. The number of halogens is 1. The van der Waals surface area contributed by atoms with Gasteiger partial charge < -0.3 is 38.9 Å². The van der Waals surface area contributed by atoms with Crippen LogP contribution in [0.5, 0.6) is 0 Å². The van der Waals surface area contributed by atoms with Crippen LogP contribution >= 0.6 is 0 Å². The van der Waals surface area contributed by atoms with Gasteiger partial charge in [-0.3, -0.25) is 4.79 Å². The summed E-state index contributed by atoms with van der Waals surface area (Å²) in [6, 6.07) is 7.28. The number of nitrogens with zero attached hydrogens (tertiary/aromatic N) is 1. The van der Waals surface area contributed by atoms with Crippen LogP contribution in [0.1, 0.15) is 69.9 Å². The summed E-state index contributed by atoms with van der Waals surface area (Å²) >= 11 is 0. The molecule has 1 unspecified atom stereocenters. The van der Waals surface area contributed by atoms with Crippen molar-refractivity contribution in [1.82, 2.24) is 5.32 Å². The molecule has 1 heterocycles. The number of hydrogen-bond donors (Lipinski definition) is 2. The summed E-state index contributed by atoms with van der Waals surface area (Å²) in [7, 11) is 2.26. The third kappa shape index (κ3) is 8.53. The third-order valence-corrected chi connectivity index (χ3v) is 6.22. The molecule has 0 aliphatic carbocycles. The fourth-order valence-corrected chi connectivity index (χ4v) is 4.30. The molecule has 5 nitrogen and oxygen atoms in total. The number of quaternary nitrogens is 1. The molecule has 2 N–H and O–H groups in total. The highest BCUT2D eigenvalue weighted by Crippen LogP contribution is 2.20. The molecule has 170 valence electrons. The van der Waals surface area contributed by atoms with E-state index in [-0.39, 0.29) is 35.8 Å². The Bertz CT molecular complexity index is 670. The van der Waals surface area contributed by atoms with Crippen LogP contribution in [0, 0.1) is 5.92 Å². The minimum Gasteiger partial charge on any atom is -1.00 e. The summed E-state index contributed by atoms with van der Waals surface area (Å²) in [6.07, 6.45) is 6.12. The van der Waals surface area contributed by atoms with Crippen LogP contribution in [-0.2, 0) is 16.0 Å². The van der Waals surface area contributed by atoms with Crippen molar-refractivity contribution in [3.63, 3.8) is 0 Å². The fourth-order valence-electron chi connectivity index (χ4n) is 4.30. The van der Waals surface area contributed by atoms with Gasteiger partial charge in [-0.25, -0.2) is 4.79 Å². The molecule has 2 atom stereocenters. The van der Waals surface area contributed by atoms with E-state index in [0.717, 1.165) is 29.4 Å². The van der Waals surface area contributed by atoms with E-state index in [1.54, 1.807) is 0 Å². The largest absolute Gasteiger partial charge is 1.00 e. The van der Waals surface area contributed by atoms with Crippen LogP contribution in [0.25, 0.3) is 0 Å². The minimum absolute atomic E-state index is 0. The highest BCUT2D eigenvalue weighted by molar-refractivity contribution is 5.87. The number of rotatable bonds is 10. The van der Waals surface area contributed by atoms with Crippen LogP contribution in [0.15, 0.2) is 24.3 Å². The van der Waals surface area contributed by atoms with Gasteiger partial charge in [0.05, 0.1) is 32.6 Å². The van der Waals surface area contributed by atoms with E-state index in [0.29, 0.717) is 12.3 Å². The molecule has 1 amide bonds. The lowest BCUT2D eigenvalue weighted by atomic mass is 9.96. The summed E-state index contributed by atoms with van der Waals surface area (Å²) < 4.78 is 1.03. The molecular formula is C24H39IN2O3. The van der Waals surface area contributed by atoms with Crippen molar-refractivity contribution < 1.29 is 43.2 Å². The molecule has 0 spiro atoms. The van der Waals surface area contributed by atoms with Crippen LogP contribution < -0.4 is 29.3 Å². The molecule has 0 bridgehead atoms. The molecule has 1 saturated heterocycles.